The van der Waals surface area contributed by atoms with Gasteiger partial charge in [0.1, 0.15) is 17.3 Å². The third kappa shape index (κ3) is 8.35. The molecule has 0 saturated carbocycles. The van der Waals surface area contributed by atoms with Crippen LogP contribution in [-0.2, 0) is 26.2 Å². The summed E-state index contributed by atoms with van der Waals surface area (Å²) < 4.78 is 5.76. The molecule has 1 aliphatic heterocycles. The van der Waals surface area contributed by atoms with Crippen LogP contribution in [0, 0.1) is 0 Å². The van der Waals surface area contributed by atoms with E-state index in [-0.39, 0.29) is 43.3 Å². The third-order valence-electron chi connectivity index (χ3n) is 5.19. The molecule has 9 heteroatoms. The van der Waals surface area contributed by atoms with Crippen molar-refractivity contribution in [3.63, 3.8) is 0 Å². The summed E-state index contributed by atoms with van der Waals surface area (Å²) in [5.41, 5.74) is 11.5. The predicted molar refractivity (Wildman–Crippen MR) is 149 cm³/mol. The number of halogens is 4. The molecule has 0 aromatic heterocycles. The van der Waals surface area contributed by atoms with E-state index < -0.39 is 0 Å². The van der Waals surface area contributed by atoms with Crippen molar-refractivity contribution in [2.24, 2.45) is 10.7 Å². The van der Waals surface area contributed by atoms with Crippen molar-refractivity contribution in [2.75, 3.05) is 0 Å². The van der Waals surface area contributed by atoms with Gasteiger partial charge in [0.15, 0.2) is 6.10 Å². The van der Waals surface area contributed by atoms with Gasteiger partial charge in [-0.05, 0) is 53.4 Å². The van der Waals surface area contributed by atoms with Crippen LogP contribution in [0.4, 0.5) is 5.69 Å². The molecule has 0 radical (unpaired) electrons. The van der Waals surface area contributed by atoms with E-state index in [1.54, 1.807) is 0 Å². The molecule has 1 heterocycles. The van der Waals surface area contributed by atoms with Crippen molar-refractivity contribution in [1.82, 2.24) is 10.6 Å². The van der Waals surface area contributed by atoms with Gasteiger partial charge in [0, 0.05) is 31.2 Å². The van der Waals surface area contributed by atoms with Gasteiger partial charge in [-0.25, -0.2) is 4.99 Å². The Morgan fingerprint density at radius 1 is 0.794 bits per heavy atom. The summed E-state index contributed by atoms with van der Waals surface area (Å²) in [6.45, 7) is 5.03. The van der Waals surface area contributed by atoms with Crippen molar-refractivity contribution in [1.29, 1.82) is 0 Å². The monoisotopic (exact) mass is 542 g/mol. The molecule has 0 saturated heterocycles. The Labute approximate surface area is 224 Å². The van der Waals surface area contributed by atoms with Gasteiger partial charge in [-0.1, -0.05) is 54.1 Å². The molecule has 0 amide bonds. The molecular formula is C25H30Cl4N4O. The van der Waals surface area contributed by atoms with E-state index in [0.29, 0.717) is 5.84 Å². The van der Waals surface area contributed by atoms with Crippen LogP contribution in [0.15, 0.2) is 71.7 Å². The topological polar surface area (TPSA) is 71.7 Å². The molecule has 0 fully saturated rings. The standard InChI is InChI=1S/C25H27ClN4O.3ClH/c1-17-25(27)30-23-12-21(8-9-24(23)31-17)16-29-14-19-5-2-4-18(10-19)13-28-15-20-6-3-7-22(26)11-20;;;/h2-12,17,28-29H,13-16H2,1H3,(H2,27,30);3*1H. The molecule has 5 nitrogen and oxygen atoms in total. The largest absolute Gasteiger partial charge is 0.481 e. The molecule has 34 heavy (non-hydrogen) atoms. The van der Waals surface area contributed by atoms with Crippen LogP contribution >= 0.6 is 48.8 Å². The van der Waals surface area contributed by atoms with Gasteiger partial charge in [-0.2, -0.15) is 0 Å². The first-order chi connectivity index (χ1) is 15.1. The van der Waals surface area contributed by atoms with E-state index >= 15 is 0 Å². The van der Waals surface area contributed by atoms with Crippen molar-refractivity contribution in [2.45, 2.75) is 39.2 Å². The molecule has 1 atom stereocenters. The zero-order valence-electron chi connectivity index (χ0n) is 18.8. The molecule has 4 rings (SSSR count). The molecular weight excluding hydrogens is 514 g/mol. The Balaban J connectivity index is 0.00000193. The van der Waals surface area contributed by atoms with E-state index in [9.17, 15) is 0 Å². The zero-order valence-corrected chi connectivity index (χ0v) is 22.0. The highest BCUT2D eigenvalue weighted by Gasteiger charge is 2.18. The summed E-state index contributed by atoms with van der Waals surface area (Å²) in [4.78, 5) is 4.45. The molecule has 1 aliphatic rings. The van der Waals surface area contributed by atoms with Crippen LogP contribution in [-0.4, -0.2) is 11.9 Å². The Hall–Kier alpha value is -1.99. The van der Waals surface area contributed by atoms with Crippen molar-refractivity contribution >= 4 is 60.3 Å². The van der Waals surface area contributed by atoms with Gasteiger partial charge in [0.2, 0.25) is 0 Å². The number of nitrogens with zero attached hydrogens (tertiary/aromatic N) is 1. The average Bonchev–Trinajstić information content (AvgIpc) is 2.75. The summed E-state index contributed by atoms with van der Waals surface area (Å²) in [5.74, 6) is 1.29. The van der Waals surface area contributed by atoms with Crippen molar-refractivity contribution in [3.05, 3.63) is 94.0 Å². The molecule has 4 N–H and O–H groups in total. The first-order valence-corrected chi connectivity index (χ1v) is 10.8. The number of benzene rings is 3. The van der Waals surface area contributed by atoms with E-state index in [2.05, 4.69) is 52.0 Å². The average molecular weight is 544 g/mol. The molecule has 1 unspecified atom stereocenters. The Kier molecular flexibility index (Phi) is 12.7. The maximum absolute atomic E-state index is 6.05. The number of nitrogens with one attached hydrogen (secondary N) is 2. The summed E-state index contributed by atoms with van der Waals surface area (Å²) in [5, 5.41) is 7.75. The van der Waals surface area contributed by atoms with Crippen molar-refractivity contribution in [3.8, 4) is 5.75 Å². The van der Waals surface area contributed by atoms with E-state index in [0.717, 1.165) is 48.2 Å². The van der Waals surface area contributed by atoms with Crippen LogP contribution in [0.5, 0.6) is 5.75 Å². The summed E-state index contributed by atoms with van der Waals surface area (Å²) >= 11 is 6.05. The van der Waals surface area contributed by atoms with Gasteiger partial charge >= 0.3 is 0 Å². The van der Waals surface area contributed by atoms with E-state index in [1.807, 2.05) is 37.3 Å². The second kappa shape index (κ2) is 14.4. The van der Waals surface area contributed by atoms with Crippen LogP contribution in [0.25, 0.3) is 0 Å². The Morgan fingerprint density at radius 3 is 1.91 bits per heavy atom. The lowest BCUT2D eigenvalue weighted by Gasteiger charge is -2.21. The minimum Gasteiger partial charge on any atom is -0.481 e. The molecule has 3 aromatic carbocycles. The fraction of sp³-hybridized carbons (Fsp3) is 0.240. The van der Waals surface area contributed by atoms with Gasteiger partial charge in [-0.3, -0.25) is 0 Å². The number of hydrogen-bond donors (Lipinski definition) is 3. The van der Waals surface area contributed by atoms with E-state index in [1.165, 1.54) is 16.7 Å². The Morgan fingerprint density at radius 2 is 1.32 bits per heavy atom. The predicted octanol–water partition coefficient (Wildman–Crippen LogP) is 5.95. The normalized spacial score (nSPS) is 13.8. The van der Waals surface area contributed by atoms with E-state index in [4.69, 9.17) is 22.1 Å². The molecule has 0 spiro atoms. The second-order valence-electron chi connectivity index (χ2n) is 7.76. The lowest BCUT2D eigenvalue weighted by atomic mass is 10.1. The fourth-order valence-corrected chi connectivity index (χ4v) is 3.75. The number of amidine groups is 1. The zero-order chi connectivity index (χ0) is 21.6. The molecule has 0 bridgehead atoms. The maximum atomic E-state index is 6.05. The summed E-state index contributed by atoms with van der Waals surface area (Å²) in [6.07, 6.45) is -0.177. The van der Waals surface area contributed by atoms with Crippen LogP contribution in [0.3, 0.4) is 0 Å². The van der Waals surface area contributed by atoms with Gasteiger partial charge in [0.05, 0.1) is 0 Å². The number of aliphatic imine (C=N–C) groups is 1. The molecule has 0 aliphatic carbocycles. The maximum Gasteiger partial charge on any atom is 0.153 e. The summed E-state index contributed by atoms with van der Waals surface area (Å²) in [6, 6.07) is 22.6. The number of ether oxygens (including phenoxy) is 1. The molecule has 184 valence electrons. The van der Waals surface area contributed by atoms with Crippen LogP contribution < -0.4 is 21.1 Å². The minimum absolute atomic E-state index is 0. The van der Waals surface area contributed by atoms with Crippen molar-refractivity contribution < 1.29 is 4.74 Å². The number of nitrogens with two attached hydrogens (primary N) is 1. The van der Waals surface area contributed by atoms with Gasteiger partial charge < -0.3 is 21.1 Å². The third-order valence-corrected chi connectivity index (χ3v) is 5.43. The lowest BCUT2D eigenvalue weighted by molar-refractivity contribution is 0.281. The lowest BCUT2D eigenvalue weighted by Crippen LogP contribution is -2.33. The highest BCUT2D eigenvalue weighted by molar-refractivity contribution is 6.30. The van der Waals surface area contributed by atoms with Crippen LogP contribution in [0.2, 0.25) is 5.02 Å². The first kappa shape index (κ1) is 30.0. The quantitative estimate of drug-likeness (QED) is 0.328. The minimum atomic E-state index is -0.177. The SMILES string of the molecule is CC1Oc2ccc(CNCc3cccc(CNCc4cccc(Cl)c4)c3)cc2N=C1N.Cl.Cl.Cl. The number of rotatable bonds is 8. The second-order valence-corrected chi connectivity index (χ2v) is 8.19. The molecule has 3 aromatic rings. The van der Waals surface area contributed by atoms with Crippen LogP contribution in [0.1, 0.15) is 29.2 Å². The Bertz CT molecular complexity index is 1090. The smallest absolute Gasteiger partial charge is 0.153 e. The van der Waals surface area contributed by atoms with Gasteiger partial charge in [0.25, 0.3) is 0 Å². The highest BCUT2D eigenvalue weighted by atomic mass is 35.5. The number of fused-ring (bicyclic) bond motifs is 1. The highest BCUT2D eigenvalue weighted by Crippen LogP contribution is 2.32. The van der Waals surface area contributed by atoms with Gasteiger partial charge in [-0.15, -0.1) is 37.2 Å². The fourth-order valence-electron chi connectivity index (χ4n) is 3.54. The summed E-state index contributed by atoms with van der Waals surface area (Å²) in [7, 11) is 0. The number of hydrogen-bond acceptors (Lipinski definition) is 5. The first-order valence-electron chi connectivity index (χ1n) is 10.4.